The Labute approximate surface area is 132 Å². The van der Waals surface area contributed by atoms with Crippen LogP contribution in [-0.2, 0) is 17.8 Å². The number of rotatable bonds is 6. The van der Waals surface area contributed by atoms with Gasteiger partial charge in [0.15, 0.2) is 0 Å². The minimum Gasteiger partial charge on any atom is -0.497 e. The van der Waals surface area contributed by atoms with Gasteiger partial charge in [-0.1, -0.05) is 42.5 Å². The molecule has 2 aromatic rings. The van der Waals surface area contributed by atoms with Crippen molar-refractivity contribution >= 4 is 5.91 Å². The molecular formula is C19H23NO2. The fraction of sp³-hybridized carbons (Fsp3) is 0.316. The first-order valence-electron chi connectivity index (χ1n) is 7.56. The summed E-state index contributed by atoms with van der Waals surface area (Å²) < 4.78 is 5.14. The van der Waals surface area contributed by atoms with E-state index in [1.165, 1.54) is 0 Å². The van der Waals surface area contributed by atoms with E-state index >= 15 is 0 Å². The minimum absolute atomic E-state index is 0.143. The first-order chi connectivity index (χ1) is 10.6. The SMILES string of the molecule is COc1ccc(CC(=O)N(Cc2ccccc2)C(C)C)cc1. The number of ether oxygens (including phenoxy) is 1. The quantitative estimate of drug-likeness (QED) is 0.814. The second-order valence-electron chi connectivity index (χ2n) is 5.63. The van der Waals surface area contributed by atoms with Crippen LogP contribution >= 0.6 is 0 Å². The van der Waals surface area contributed by atoms with Gasteiger partial charge in [-0.3, -0.25) is 4.79 Å². The van der Waals surface area contributed by atoms with Crippen molar-refractivity contribution in [3.05, 3.63) is 65.7 Å². The summed E-state index contributed by atoms with van der Waals surface area (Å²) in [5.41, 5.74) is 2.16. The average molecular weight is 297 g/mol. The molecule has 0 aliphatic heterocycles. The Bertz CT molecular complexity index is 591. The van der Waals surface area contributed by atoms with Gasteiger partial charge < -0.3 is 9.64 Å². The lowest BCUT2D eigenvalue weighted by atomic mass is 10.1. The minimum atomic E-state index is 0.143. The Morgan fingerprint density at radius 3 is 2.18 bits per heavy atom. The maximum absolute atomic E-state index is 12.6. The van der Waals surface area contributed by atoms with E-state index in [9.17, 15) is 4.79 Å². The van der Waals surface area contributed by atoms with Gasteiger partial charge in [-0.25, -0.2) is 0 Å². The molecule has 0 aliphatic rings. The molecule has 116 valence electrons. The van der Waals surface area contributed by atoms with Crippen LogP contribution in [0.2, 0.25) is 0 Å². The third-order valence-corrected chi connectivity index (χ3v) is 3.65. The van der Waals surface area contributed by atoms with E-state index < -0.39 is 0 Å². The lowest BCUT2D eigenvalue weighted by Crippen LogP contribution is -2.37. The van der Waals surface area contributed by atoms with Gasteiger partial charge in [-0.15, -0.1) is 0 Å². The molecule has 0 bridgehead atoms. The lowest BCUT2D eigenvalue weighted by molar-refractivity contribution is -0.132. The van der Waals surface area contributed by atoms with Gasteiger partial charge in [-0.05, 0) is 37.1 Å². The average Bonchev–Trinajstić information content (AvgIpc) is 2.54. The molecule has 0 aromatic heterocycles. The van der Waals surface area contributed by atoms with Gasteiger partial charge in [0.1, 0.15) is 5.75 Å². The third kappa shape index (κ3) is 4.35. The molecule has 22 heavy (non-hydrogen) atoms. The Hall–Kier alpha value is -2.29. The van der Waals surface area contributed by atoms with Crippen molar-refractivity contribution in [2.45, 2.75) is 32.9 Å². The highest BCUT2D eigenvalue weighted by Gasteiger charge is 2.17. The predicted molar refractivity (Wildman–Crippen MR) is 88.8 cm³/mol. The van der Waals surface area contributed by atoms with Crippen LogP contribution in [0, 0.1) is 0 Å². The van der Waals surface area contributed by atoms with Crippen LogP contribution in [0.25, 0.3) is 0 Å². The van der Waals surface area contributed by atoms with Gasteiger partial charge in [0.05, 0.1) is 13.5 Å². The van der Waals surface area contributed by atoms with Gasteiger partial charge in [0.25, 0.3) is 0 Å². The molecule has 2 rings (SSSR count). The zero-order valence-electron chi connectivity index (χ0n) is 13.5. The summed E-state index contributed by atoms with van der Waals surface area (Å²) in [5.74, 6) is 0.949. The monoisotopic (exact) mass is 297 g/mol. The third-order valence-electron chi connectivity index (χ3n) is 3.65. The van der Waals surface area contributed by atoms with E-state index in [1.54, 1.807) is 7.11 Å². The molecule has 0 saturated carbocycles. The van der Waals surface area contributed by atoms with Crippen molar-refractivity contribution in [3.63, 3.8) is 0 Å². The molecule has 2 aromatic carbocycles. The topological polar surface area (TPSA) is 29.5 Å². The number of hydrogen-bond acceptors (Lipinski definition) is 2. The van der Waals surface area contributed by atoms with Crippen LogP contribution in [0.1, 0.15) is 25.0 Å². The van der Waals surface area contributed by atoms with Crippen LogP contribution < -0.4 is 4.74 Å². The van der Waals surface area contributed by atoms with Crippen molar-refractivity contribution in [1.82, 2.24) is 4.90 Å². The zero-order valence-corrected chi connectivity index (χ0v) is 13.5. The zero-order chi connectivity index (χ0) is 15.9. The number of carbonyl (C=O) groups excluding carboxylic acids is 1. The first-order valence-corrected chi connectivity index (χ1v) is 7.56. The molecule has 1 amide bonds. The number of nitrogens with zero attached hydrogens (tertiary/aromatic N) is 1. The summed E-state index contributed by atoms with van der Waals surface area (Å²) in [6, 6.07) is 17.9. The summed E-state index contributed by atoms with van der Waals surface area (Å²) in [7, 11) is 1.64. The number of hydrogen-bond donors (Lipinski definition) is 0. The van der Waals surface area contributed by atoms with Crippen molar-refractivity contribution in [3.8, 4) is 5.75 Å². The second-order valence-corrected chi connectivity index (χ2v) is 5.63. The maximum Gasteiger partial charge on any atom is 0.227 e. The van der Waals surface area contributed by atoms with E-state index in [2.05, 4.69) is 26.0 Å². The van der Waals surface area contributed by atoms with Gasteiger partial charge >= 0.3 is 0 Å². The van der Waals surface area contributed by atoms with Crippen LogP contribution in [0.3, 0.4) is 0 Å². The van der Waals surface area contributed by atoms with Gasteiger partial charge in [-0.2, -0.15) is 0 Å². The van der Waals surface area contributed by atoms with Gasteiger partial charge in [0.2, 0.25) is 5.91 Å². The van der Waals surface area contributed by atoms with Crippen LogP contribution in [0.5, 0.6) is 5.75 Å². The van der Waals surface area contributed by atoms with E-state index in [0.29, 0.717) is 13.0 Å². The molecule has 0 aliphatic carbocycles. The Morgan fingerprint density at radius 1 is 1.00 bits per heavy atom. The molecule has 3 heteroatoms. The maximum atomic E-state index is 12.6. The smallest absolute Gasteiger partial charge is 0.227 e. The fourth-order valence-corrected chi connectivity index (χ4v) is 2.36. The number of carbonyl (C=O) groups is 1. The molecule has 0 unspecified atom stereocenters. The predicted octanol–water partition coefficient (Wildman–Crippen LogP) is 3.67. The molecular weight excluding hydrogens is 274 g/mol. The lowest BCUT2D eigenvalue weighted by Gasteiger charge is -2.27. The fourth-order valence-electron chi connectivity index (χ4n) is 2.36. The molecule has 3 nitrogen and oxygen atoms in total. The van der Waals surface area contributed by atoms with Crippen molar-refractivity contribution in [1.29, 1.82) is 0 Å². The number of benzene rings is 2. The number of amides is 1. The summed E-state index contributed by atoms with van der Waals surface area (Å²) >= 11 is 0. The van der Waals surface area contributed by atoms with E-state index in [1.807, 2.05) is 47.4 Å². The molecule has 0 fully saturated rings. The van der Waals surface area contributed by atoms with Crippen molar-refractivity contribution in [2.24, 2.45) is 0 Å². The molecule has 0 saturated heterocycles. The molecule has 0 atom stereocenters. The Balaban J connectivity index is 2.05. The highest BCUT2D eigenvalue weighted by atomic mass is 16.5. The van der Waals surface area contributed by atoms with Crippen LogP contribution in [0.4, 0.5) is 0 Å². The largest absolute Gasteiger partial charge is 0.497 e. The number of methoxy groups -OCH3 is 1. The van der Waals surface area contributed by atoms with Crippen molar-refractivity contribution in [2.75, 3.05) is 7.11 Å². The van der Waals surface area contributed by atoms with Crippen LogP contribution in [-0.4, -0.2) is 24.0 Å². The molecule has 0 heterocycles. The van der Waals surface area contributed by atoms with Crippen LogP contribution in [0.15, 0.2) is 54.6 Å². The van der Waals surface area contributed by atoms with Gasteiger partial charge in [0, 0.05) is 12.6 Å². The summed E-state index contributed by atoms with van der Waals surface area (Å²) in [6.07, 6.45) is 0.412. The summed E-state index contributed by atoms with van der Waals surface area (Å²) in [5, 5.41) is 0. The standard InChI is InChI=1S/C19H23NO2/c1-15(2)20(14-17-7-5-4-6-8-17)19(21)13-16-9-11-18(22-3)12-10-16/h4-12,15H,13-14H2,1-3H3. The highest BCUT2D eigenvalue weighted by Crippen LogP contribution is 2.14. The molecule has 0 N–H and O–H groups in total. The molecule has 0 spiro atoms. The highest BCUT2D eigenvalue weighted by molar-refractivity contribution is 5.79. The van der Waals surface area contributed by atoms with E-state index in [-0.39, 0.29) is 11.9 Å². The first kappa shape index (κ1) is 16.1. The van der Waals surface area contributed by atoms with Crippen molar-refractivity contribution < 1.29 is 9.53 Å². The Kier molecular flexibility index (Phi) is 5.59. The van der Waals surface area contributed by atoms with E-state index in [4.69, 9.17) is 4.74 Å². The molecule has 0 radical (unpaired) electrons. The summed E-state index contributed by atoms with van der Waals surface area (Å²) in [6.45, 7) is 4.75. The Morgan fingerprint density at radius 2 is 1.64 bits per heavy atom. The van der Waals surface area contributed by atoms with E-state index in [0.717, 1.165) is 16.9 Å². The normalized spacial score (nSPS) is 10.5. The second kappa shape index (κ2) is 7.64. The summed E-state index contributed by atoms with van der Waals surface area (Å²) in [4.78, 5) is 14.5.